The molecule has 0 amide bonds. The fourth-order valence-corrected chi connectivity index (χ4v) is 2.98. The fourth-order valence-electron chi connectivity index (χ4n) is 2.85. The van der Waals surface area contributed by atoms with Crippen LogP contribution in [0.15, 0.2) is 61.1 Å². The van der Waals surface area contributed by atoms with Gasteiger partial charge in [0.1, 0.15) is 11.5 Å². The molecule has 0 radical (unpaired) electrons. The second kappa shape index (κ2) is 6.22. The maximum Gasteiger partial charge on any atom is 0.157 e. The molecule has 2 aromatic carbocycles. The van der Waals surface area contributed by atoms with Gasteiger partial charge in [-0.25, -0.2) is 4.98 Å². The van der Waals surface area contributed by atoms with E-state index in [1.54, 1.807) is 12.4 Å². The van der Waals surface area contributed by atoms with E-state index in [2.05, 4.69) is 42.3 Å². The minimum Gasteiger partial charge on any atom is -0.339 e. The molecule has 4 aromatic rings. The molecule has 2 heterocycles. The first-order valence-electron chi connectivity index (χ1n) is 8.05. The summed E-state index contributed by atoms with van der Waals surface area (Å²) in [5, 5.41) is 4.26. The number of hydrogen-bond donors (Lipinski definition) is 1. The topological polar surface area (TPSA) is 42.2 Å². The third-order valence-electron chi connectivity index (χ3n) is 4.41. The number of nitrogens with zero attached hydrogens (tertiary/aromatic N) is 3. The van der Waals surface area contributed by atoms with Gasteiger partial charge in [-0.3, -0.25) is 9.38 Å². The Morgan fingerprint density at radius 1 is 1.04 bits per heavy atom. The molecule has 0 aliphatic heterocycles. The largest absolute Gasteiger partial charge is 0.339 e. The van der Waals surface area contributed by atoms with Crippen molar-refractivity contribution in [2.75, 3.05) is 5.32 Å². The van der Waals surface area contributed by atoms with E-state index in [-0.39, 0.29) is 0 Å². The van der Waals surface area contributed by atoms with Gasteiger partial charge in [-0.2, -0.15) is 0 Å². The summed E-state index contributed by atoms with van der Waals surface area (Å²) in [5.41, 5.74) is 6.18. The summed E-state index contributed by atoms with van der Waals surface area (Å²) in [4.78, 5) is 8.94. The molecule has 124 valence electrons. The molecule has 1 N–H and O–H groups in total. The van der Waals surface area contributed by atoms with Gasteiger partial charge in [0.15, 0.2) is 5.65 Å². The van der Waals surface area contributed by atoms with Crippen molar-refractivity contribution in [3.8, 4) is 11.3 Å². The second-order valence-corrected chi connectivity index (χ2v) is 6.43. The fraction of sp³-hybridized carbons (Fsp3) is 0.100. The molecular formula is C20H17ClN4. The van der Waals surface area contributed by atoms with Crippen LogP contribution in [0.2, 0.25) is 5.02 Å². The van der Waals surface area contributed by atoms with Crippen LogP contribution < -0.4 is 5.32 Å². The van der Waals surface area contributed by atoms with Crippen LogP contribution in [0.25, 0.3) is 16.9 Å². The van der Waals surface area contributed by atoms with Crippen LogP contribution in [-0.4, -0.2) is 14.4 Å². The number of rotatable bonds is 3. The first-order chi connectivity index (χ1) is 12.1. The van der Waals surface area contributed by atoms with Gasteiger partial charge in [0.2, 0.25) is 0 Å². The van der Waals surface area contributed by atoms with Gasteiger partial charge in [-0.05, 0) is 43.2 Å². The van der Waals surface area contributed by atoms with Crippen LogP contribution in [0.1, 0.15) is 11.1 Å². The minimum absolute atomic E-state index is 0.707. The first-order valence-corrected chi connectivity index (χ1v) is 8.42. The number of aromatic nitrogens is 3. The van der Waals surface area contributed by atoms with E-state index in [1.807, 2.05) is 34.9 Å². The molecule has 5 heteroatoms. The van der Waals surface area contributed by atoms with Crippen LogP contribution in [0.5, 0.6) is 0 Å². The molecule has 0 unspecified atom stereocenters. The summed E-state index contributed by atoms with van der Waals surface area (Å²) in [7, 11) is 0. The Morgan fingerprint density at radius 2 is 1.84 bits per heavy atom. The zero-order valence-corrected chi connectivity index (χ0v) is 14.7. The second-order valence-electron chi connectivity index (χ2n) is 5.99. The van der Waals surface area contributed by atoms with Gasteiger partial charge in [-0.1, -0.05) is 35.9 Å². The molecule has 25 heavy (non-hydrogen) atoms. The van der Waals surface area contributed by atoms with Crippen molar-refractivity contribution in [3.63, 3.8) is 0 Å². The van der Waals surface area contributed by atoms with Gasteiger partial charge >= 0.3 is 0 Å². The zero-order chi connectivity index (χ0) is 17.4. The van der Waals surface area contributed by atoms with E-state index in [1.165, 1.54) is 11.1 Å². The number of anilines is 2. The number of hydrogen-bond acceptors (Lipinski definition) is 3. The third kappa shape index (κ3) is 2.85. The first kappa shape index (κ1) is 15.7. The summed E-state index contributed by atoms with van der Waals surface area (Å²) in [6.07, 6.45) is 5.43. The highest BCUT2D eigenvalue weighted by molar-refractivity contribution is 6.30. The van der Waals surface area contributed by atoms with Gasteiger partial charge in [0.05, 0.1) is 6.20 Å². The highest BCUT2D eigenvalue weighted by Gasteiger charge is 2.15. The Bertz CT molecular complexity index is 1050. The maximum absolute atomic E-state index is 6.03. The quantitative estimate of drug-likeness (QED) is 0.538. The molecule has 0 spiro atoms. The van der Waals surface area contributed by atoms with E-state index < -0.39 is 0 Å². The average Bonchev–Trinajstić information content (AvgIpc) is 2.98. The normalized spacial score (nSPS) is 11.0. The van der Waals surface area contributed by atoms with Crippen molar-refractivity contribution in [3.05, 3.63) is 77.2 Å². The van der Waals surface area contributed by atoms with Gasteiger partial charge in [0, 0.05) is 28.7 Å². The molecule has 0 aliphatic rings. The summed E-state index contributed by atoms with van der Waals surface area (Å²) in [6.45, 7) is 4.23. The van der Waals surface area contributed by atoms with Crippen molar-refractivity contribution in [2.45, 2.75) is 13.8 Å². The number of aryl methyl sites for hydroxylation is 1. The van der Waals surface area contributed by atoms with Crippen LogP contribution >= 0.6 is 11.6 Å². The van der Waals surface area contributed by atoms with Crippen LogP contribution in [0, 0.1) is 13.8 Å². The number of halogens is 1. The lowest BCUT2D eigenvalue weighted by atomic mass is 10.1. The molecule has 0 fully saturated rings. The number of fused-ring (bicyclic) bond motifs is 1. The standard InChI is InChI=1S/C20H17ClN4/c1-13-4-3-5-17(14(13)2)23-20-19(15-6-8-16(21)9-7-15)24-18-12-22-10-11-25(18)20/h3-12,23H,1-2H3. The number of benzene rings is 2. The van der Waals surface area contributed by atoms with Crippen molar-refractivity contribution in [1.82, 2.24) is 14.4 Å². The molecule has 0 bridgehead atoms. The van der Waals surface area contributed by atoms with E-state index in [9.17, 15) is 0 Å². The van der Waals surface area contributed by atoms with Gasteiger partial charge in [0.25, 0.3) is 0 Å². The Balaban J connectivity index is 1.90. The number of imidazole rings is 1. The highest BCUT2D eigenvalue weighted by Crippen LogP contribution is 2.32. The predicted octanol–water partition coefficient (Wildman–Crippen LogP) is 5.41. The van der Waals surface area contributed by atoms with Gasteiger partial charge in [-0.15, -0.1) is 0 Å². The smallest absolute Gasteiger partial charge is 0.157 e. The average molecular weight is 349 g/mol. The molecule has 2 aromatic heterocycles. The van der Waals surface area contributed by atoms with E-state index in [0.717, 1.165) is 28.4 Å². The summed E-state index contributed by atoms with van der Waals surface area (Å²) in [5.74, 6) is 0.911. The Hall–Kier alpha value is -2.85. The monoisotopic (exact) mass is 348 g/mol. The summed E-state index contributed by atoms with van der Waals surface area (Å²) < 4.78 is 2.01. The van der Waals surface area contributed by atoms with Crippen molar-refractivity contribution in [2.24, 2.45) is 0 Å². The molecule has 0 saturated heterocycles. The lowest BCUT2D eigenvalue weighted by Crippen LogP contribution is -1.99. The number of nitrogens with one attached hydrogen (secondary N) is 1. The van der Waals surface area contributed by atoms with Crippen molar-refractivity contribution < 1.29 is 0 Å². The minimum atomic E-state index is 0.707. The molecule has 0 saturated carbocycles. The lowest BCUT2D eigenvalue weighted by Gasteiger charge is -2.13. The maximum atomic E-state index is 6.03. The van der Waals surface area contributed by atoms with Crippen LogP contribution in [-0.2, 0) is 0 Å². The lowest BCUT2D eigenvalue weighted by molar-refractivity contribution is 1.13. The van der Waals surface area contributed by atoms with Crippen molar-refractivity contribution >= 4 is 28.8 Å². The highest BCUT2D eigenvalue weighted by atomic mass is 35.5. The molecule has 0 atom stereocenters. The molecule has 4 rings (SSSR count). The Kier molecular flexibility index (Phi) is 3.90. The van der Waals surface area contributed by atoms with E-state index in [4.69, 9.17) is 16.6 Å². The van der Waals surface area contributed by atoms with Crippen LogP contribution in [0.3, 0.4) is 0 Å². The summed E-state index contributed by atoms with van der Waals surface area (Å²) >= 11 is 6.03. The Morgan fingerprint density at radius 3 is 2.64 bits per heavy atom. The summed E-state index contributed by atoms with van der Waals surface area (Å²) in [6, 6.07) is 13.9. The predicted molar refractivity (Wildman–Crippen MR) is 103 cm³/mol. The molecular weight excluding hydrogens is 332 g/mol. The van der Waals surface area contributed by atoms with Crippen LogP contribution in [0.4, 0.5) is 11.5 Å². The van der Waals surface area contributed by atoms with Gasteiger partial charge < -0.3 is 5.32 Å². The SMILES string of the molecule is Cc1cccc(Nc2c(-c3ccc(Cl)cc3)nc3cnccn23)c1C. The van der Waals surface area contributed by atoms with Crippen molar-refractivity contribution in [1.29, 1.82) is 0 Å². The molecule has 4 nitrogen and oxygen atoms in total. The zero-order valence-electron chi connectivity index (χ0n) is 14.0. The Labute approximate surface area is 151 Å². The molecule has 0 aliphatic carbocycles. The third-order valence-corrected chi connectivity index (χ3v) is 4.66. The van der Waals surface area contributed by atoms with E-state index in [0.29, 0.717) is 5.02 Å². The van der Waals surface area contributed by atoms with E-state index >= 15 is 0 Å².